The lowest BCUT2D eigenvalue weighted by Crippen LogP contribution is -2.64. The molecule has 1 aliphatic carbocycles. The van der Waals surface area contributed by atoms with Gasteiger partial charge in [-0.2, -0.15) is 13.2 Å². The topological polar surface area (TPSA) is 41.5 Å². The summed E-state index contributed by atoms with van der Waals surface area (Å²) in [4.78, 5) is 0. The first-order valence-corrected chi connectivity index (χ1v) is 10.3. The van der Waals surface area contributed by atoms with Crippen molar-refractivity contribution in [3.63, 3.8) is 0 Å². The second-order valence-corrected chi connectivity index (χ2v) is 8.50. The molecule has 2 aromatic carbocycles. The number of aliphatic hydroxyl groups is 1. The molecule has 0 saturated heterocycles. The molecule has 1 saturated carbocycles. The molecule has 8 heteroatoms. The molecule has 2 N–H and O–H groups in total. The molecule has 0 aromatic heterocycles. The highest BCUT2D eigenvalue weighted by Gasteiger charge is 2.60. The van der Waals surface area contributed by atoms with Crippen molar-refractivity contribution >= 4 is 0 Å². The molecule has 1 fully saturated rings. The molecule has 0 bridgehead atoms. The van der Waals surface area contributed by atoms with Crippen molar-refractivity contribution in [3.05, 3.63) is 64.7 Å². The molecule has 3 nitrogen and oxygen atoms in total. The minimum absolute atomic E-state index is 0.0301. The maximum atomic E-state index is 15.1. The predicted molar refractivity (Wildman–Crippen MR) is 105 cm³/mol. The largest absolute Gasteiger partial charge is 0.487 e. The number of fused-ring (bicyclic) bond motifs is 3. The third-order valence-corrected chi connectivity index (χ3v) is 6.67. The molecule has 31 heavy (non-hydrogen) atoms. The van der Waals surface area contributed by atoms with E-state index in [2.05, 4.69) is 5.32 Å². The number of alkyl halides is 3. The van der Waals surface area contributed by atoms with Crippen LogP contribution < -0.4 is 10.1 Å². The van der Waals surface area contributed by atoms with Crippen molar-refractivity contribution in [1.29, 1.82) is 0 Å². The Hall–Kier alpha value is -2.19. The maximum absolute atomic E-state index is 15.1. The van der Waals surface area contributed by atoms with E-state index in [0.29, 0.717) is 24.9 Å². The molecule has 0 unspecified atom stereocenters. The normalized spacial score (nSPS) is 27.9. The number of rotatable bonds is 4. The smallest absolute Gasteiger partial charge is 0.416 e. The van der Waals surface area contributed by atoms with E-state index in [0.717, 1.165) is 24.3 Å². The summed E-state index contributed by atoms with van der Waals surface area (Å²) in [6.45, 7) is 2.41. The van der Waals surface area contributed by atoms with E-state index in [1.807, 2.05) is 6.92 Å². The molecule has 1 heterocycles. The first-order valence-electron chi connectivity index (χ1n) is 10.3. The van der Waals surface area contributed by atoms with Gasteiger partial charge in [0, 0.05) is 17.0 Å². The van der Waals surface area contributed by atoms with Crippen LogP contribution in [0.15, 0.2) is 36.4 Å². The summed E-state index contributed by atoms with van der Waals surface area (Å²) in [6, 6.07) is 6.57. The average molecular weight is 441 g/mol. The Morgan fingerprint density at radius 3 is 2.42 bits per heavy atom. The fourth-order valence-corrected chi connectivity index (χ4v) is 5.19. The van der Waals surface area contributed by atoms with E-state index < -0.39 is 34.4 Å². The number of ether oxygens (including phenoxy) is 1. The van der Waals surface area contributed by atoms with Crippen LogP contribution in [0.2, 0.25) is 0 Å². The third-order valence-electron chi connectivity index (χ3n) is 6.67. The Morgan fingerprint density at radius 1 is 1.10 bits per heavy atom. The number of hydrogen-bond donors (Lipinski definition) is 2. The van der Waals surface area contributed by atoms with E-state index in [1.54, 1.807) is 0 Å². The van der Waals surface area contributed by atoms with Crippen LogP contribution in [0, 0.1) is 11.6 Å². The van der Waals surface area contributed by atoms with Gasteiger partial charge in [0.15, 0.2) is 11.6 Å². The van der Waals surface area contributed by atoms with Gasteiger partial charge in [0.1, 0.15) is 18.0 Å². The Balaban J connectivity index is 1.81. The lowest BCUT2D eigenvalue weighted by molar-refractivity contribution is -0.137. The van der Waals surface area contributed by atoms with Gasteiger partial charge in [-0.25, -0.2) is 8.78 Å². The van der Waals surface area contributed by atoms with Crippen LogP contribution in [0.5, 0.6) is 5.75 Å². The zero-order valence-corrected chi connectivity index (χ0v) is 17.0. The third kappa shape index (κ3) is 3.69. The highest BCUT2D eigenvalue weighted by Crippen LogP contribution is 2.55. The molecule has 1 aliphatic heterocycles. The summed E-state index contributed by atoms with van der Waals surface area (Å²) in [5.41, 5.74) is -3.05. The summed E-state index contributed by atoms with van der Waals surface area (Å²) in [6.07, 6.45) is -3.21. The van der Waals surface area contributed by atoms with Gasteiger partial charge in [0.2, 0.25) is 0 Å². The molecule has 3 atom stereocenters. The molecule has 168 valence electrons. The summed E-state index contributed by atoms with van der Waals surface area (Å²) in [5.74, 6) is -1.64. The highest BCUT2D eigenvalue weighted by atomic mass is 19.4. The van der Waals surface area contributed by atoms with Gasteiger partial charge in [-0.3, -0.25) is 0 Å². The van der Waals surface area contributed by atoms with Crippen LogP contribution in [-0.4, -0.2) is 29.9 Å². The standard InChI is InChI=1S/C23H24F5NO2/c1-2-29-16-9-10-21(11-14-3-5-15(6-4-14)23(26,27)28)19-17(24)7-8-18(25)20(19)31-13-22(21,30)12-16/h3-8,16,29-30H,2,9-13H2,1H3/t16-,21-,22+/m1/s1. The Kier molecular flexibility index (Phi) is 5.50. The maximum Gasteiger partial charge on any atom is 0.416 e. The van der Waals surface area contributed by atoms with Gasteiger partial charge in [0.25, 0.3) is 0 Å². The second-order valence-electron chi connectivity index (χ2n) is 8.50. The number of halogens is 5. The lowest BCUT2D eigenvalue weighted by atomic mass is 9.55. The fourth-order valence-electron chi connectivity index (χ4n) is 5.19. The van der Waals surface area contributed by atoms with E-state index in [-0.39, 0.29) is 36.8 Å². The summed E-state index contributed by atoms with van der Waals surface area (Å²) in [5, 5.41) is 15.0. The first kappa shape index (κ1) is 22.0. The van der Waals surface area contributed by atoms with Gasteiger partial charge >= 0.3 is 6.18 Å². The van der Waals surface area contributed by atoms with Crippen LogP contribution in [0.25, 0.3) is 0 Å². The van der Waals surface area contributed by atoms with Gasteiger partial charge < -0.3 is 15.2 Å². The Morgan fingerprint density at radius 2 is 1.77 bits per heavy atom. The van der Waals surface area contributed by atoms with E-state index >= 15 is 4.39 Å². The minimum Gasteiger partial charge on any atom is -0.487 e. The van der Waals surface area contributed by atoms with Crippen molar-refractivity contribution in [2.24, 2.45) is 0 Å². The van der Waals surface area contributed by atoms with Crippen LogP contribution in [-0.2, 0) is 18.0 Å². The summed E-state index contributed by atoms with van der Waals surface area (Å²) < 4.78 is 74.0. The Labute approximate surface area is 177 Å². The molecule has 4 rings (SSSR count). The second kappa shape index (κ2) is 7.74. The van der Waals surface area contributed by atoms with E-state index in [9.17, 15) is 22.7 Å². The van der Waals surface area contributed by atoms with Crippen LogP contribution in [0.4, 0.5) is 22.0 Å². The molecule has 0 amide bonds. The van der Waals surface area contributed by atoms with Gasteiger partial charge in [-0.15, -0.1) is 0 Å². The fraction of sp³-hybridized carbons (Fsp3) is 0.478. The summed E-state index contributed by atoms with van der Waals surface area (Å²) >= 11 is 0. The van der Waals surface area contributed by atoms with Crippen molar-refractivity contribution in [3.8, 4) is 5.75 Å². The first-order chi connectivity index (χ1) is 14.6. The minimum atomic E-state index is -4.47. The van der Waals surface area contributed by atoms with Gasteiger partial charge in [-0.05, 0) is 62.1 Å². The van der Waals surface area contributed by atoms with Crippen molar-refractivity contribution < 1.29 is 31.8 Å². The molecular weight excluding hydrogens is 417 g/mol. The zero-order valence-electron chi connectivity index (χ0n) is 17.0. The quantitative estimate of drug-likeness (QED) is 0.673. The van der Waals surface area contributed by atoms with Gasteiger partial charge in [-0.1, -0.05) is 19.1 Å². The molecule has 0 spiro atoms. The molecule has 2 aromatic rings. The summed E-state index contributed by atoms with van der Waals surface area (Å²) in [7, 11) is 0. The van der Waals surface area contributed by atoms with Crippen LogP contribution >= 0.6 is 0 Å². The van der Waals surface area contributed by atoms with E-state index in [1.165, 1.54) is 12.1 Å². The molecule has 0 radical (unpaired) electrons. The SMILES string of the molecule is CCN[C@@H]1CC[C@@]2(Cc3ccc(C(F)(F)F)cc3)c3c(F)ccc(F)c3OC[C@@]2(O)C1. The van der Waals surface area contributed by atoms with Crippen molar-refractivity contribution in [2.75, 3.05) is 13.2 Å². The molecular formula is C23H24F5NO2. The van der Waals surface area contributed by atoms with Crippen molar-refractivity contribution in [2.45, 2.75) is 55.8 Å². The monoisotopic (exact) mass is 441 g/mol. The lowest BCUT2D eigenvalue weighted by Gasteiger charge is -2.55. The van der Waals surface area contributed by atoms with E-state index in [4.69, 9.17) is 4.74 Å². The number of benzene rings is 2. The predicted octanol–water partition coefficient (Wildman–Crippen LogP) is 4.75. The number of nitrogens with one attached hydrogen (secondary N) is 1. The highest BCUT2D eigenvalue weighted by molar-refractivity contribution is 5.49. The molecule has 2 aliphatic rings. The van der Waals surface area contributed by atoms with Gasteiger partial charge in [0.05, 0.1) is 5.56 Å². The Bertz CT molecular complexity index is 962. The zero-order chi connectivity index (χ0) is 22.4. The van der Waals surface area contributed by atoms with Crippen molar-refractivity contribution in [1.82, 2.24) is 5.32 Å². The van der Waals surface area contributed by atoms with Crippen LogP contribution in [0.3, 0.4) is 0 Å². The number of hydrogen-bond acceptors (Lipinski definition) is 3. The van der Waals surface area contributed by atoms with Crippen LogP contribution in [0.1, 0.15) is 42.9 Å². The average Bonchev–Trinajstić information content (AvgIpc) is 2.71.